The Labute approximate surface area is 186 Å². The Kier molecular flexibility index (Phi) is 17.8. The minimum atomic E-state index is -0.427. The molecule has 0 unspecified atom stereocenters. The van der Waals surface area contributed by atoms with E-state index in [0.717, 1.165) is 22.1 Å². The van der Waals surface area contributed by atoms with Gasteiger partial charge in [-0.05, 0) is 6.42 Å². The molecule has 0 aromatic heterocycles. The number of carbonyl (C=O) groups is 2. The van der Waals surface area contributed by atoms with Gasteiger partial charge in [-0.2, -0.15) is 0 Å². The fourth-order valence-corrected chi connectivity index (χ4v) is 1.40. The third kappa shape index (κ3) is 23.9. The molecule has 0 aliphatic carbocycles. The highest BCUT2D eigenvalue weighted by Crippen LogP contribution is 1.91. The SMILES string of the molecule is C[N+](C)(C)CCOC(=O)NCCCNC(=O)OCC[N+](C)(C)C.[I-].[I-]. The minimum absolute atomic E-state index is 0. The van der Waals surface area contributed by atoms with Crippen LogP contribution in [0.25, 0.3) is 0 Å². The molecule has 0 bridgehead atoms. The largest absolute Gasteiger partial charge is 1.00 e. The van der Waals surface area contributed by atoms with Gasteiger partial charge in [-0.3, -0.25) is 0 Å². The van der Waals surface area contributed by atoms with E-state index in [-0.39, 0.29) is 48.0 Å². The Morgan fingerprint density at radius 3 is 1.32 bits per heavy atom. The van der Waals surface area contributed by atoms with Gasteiger partial charge in [0.25, 0.3) is 0 Å². The summed E-state index contributed by atoms with van der Waals surface area (Å²) in [5.74, 6) is 0. The summed E-state index contributed by atoms with van der Waals surface area (Å²) < 4.78 is 11.6. The van der Waals surface area contributed by atoms with Gasteiger partial charge in [0, 0.05) is 13.1 Å². The van der Waals surface area contributed by atoms with E-state index < -0.39 is 12.2 Å². The van der Waals surface area contributed by atoms with Gasteiger partial charge in [0.1, 0.15) is 26.3 Å². The molecule has 0 aliphatic heterocycles. The van der Waals surface area contributed by atoms with Gasteiger partial charge in [-0.1, -0.05) is 0 Å². The van der Waals surface area contributed by atoms with Crippen LogP contribution in [0.2, 0.25) is 0 Å². The molecular formula is C15H34I2N4O4. The molecule has 0 spiro atoms. The van der Waals surface area contributed by atoms with Crippen molar-refractivity contribution >= 4 is 12.2 Å². The molecule has 0 aliphatic rings. The molecule has 0 saturated carbocycles. The molecule has 0 radical (unpaired) electrons. The van der Waals surface area contributed by atoms with Crippen LogP contribution in [0.1, 0.15) is 6.42 Å². The molecule has 0 aromatic carbocycles. The number of alkyl carbamates (subject to hydrolysis) is 2. The van der Waals surface area contributed by atoms with E-state index >= 15 is 0 Å². The zero-order chi connectivity index (χ0) is 17.9. The number of carbonyl (C=O) groups excluding carboxylic acids is 2. The number of quaternary nitrogens is 2. The first-order valence-corrected chi connectivity index (χ1v) is 7.92. The van der Waals surface area contributed by atoms with Crippen molar-refractivity contribution in [3.8, 4) is 0 Å². The molecule has 0 saturated heterocycles. The first-order valence-electron chi connectivity index (χ1n) is 7.92. The molecule has 0 rings (SSSR count). The molecular weight excluding hydrogens is 554 g/mol. The molecule has 10 heteroatoms. The highest BCUT2D eigenvalue weighted by atomic mass is 127. The molecule has 25 heavy (non-hydrogen) atoms. The van der Waals surface area contributed by atoms with Crippen LogP contribution in [0, 0.1) is 0 Å². The minimum Gasteiger partial charge on any atom is -1.00 e. The van der Waals surface area contributed by atoms with Gasteiger partial charge in [-0.25, -0.2) is 9.59 Å². The van der Waals surface area contributed by atoms with Crippen molar-refractivity contribution in [1.82, 2.24) is 10.6 Å². The lowest BCUT2D eigenvalue weighted by atomic mass is 10.4. The number of nitrogens with one attached hydrogen (secondary N) is 2. The van der Waals surface area contributed by atoms with Crippen LogP contribution in [0.3, 0.4) is 0 Å². The normalized spacial score (nSPS) is 10.8. The van der Waals surface area contributed by atoms with E-state index in [2.05, 4.69) is 10.6 Å². The maximum absolute atomic E-state index is 11.4. The van der Waals surface area contributed by atoms with Crippen LogP contribution in [-0.4, -0.2) is 103 Å². The molecule has 0 aromatic rings. The Morgan fingerprint density at radius 1 is 0.720 bits per heavy atom. The maximum atomic E-state index is 11.4. The number of rotatable bonds is 10. The fourth-order valence-electron chi connectivity index (χ4n) is 1.40. The first-order chi connectivity index (χ1) is 10.5. The van der Waals surface area contributed by atoms with Crippen LogP contribution in [0.4, 0.5) is 9.59 Å². The Balaban J connectivity index is -0.00000242. The second-order valence-electron chi connectivity index (χ2n) is 7.51. The third-order valence-corrected chi connectivity index (χ3v) is 2.88. The standard InChI is InChI=1S/C15H32N4O4.2HI/c1-18(2,3)10-12-22-14(20)16-8-7-9-17-15(21)23-13-11-19(4,5)6;;/h7-13H2,1-6H3;2*1H. The van der Waals surface area contributed by atoms with Crippen molar-refractivity contribution < 1.29 is 76.0 Å². The van der Waals surface area contributed by atoms with Gasteiger partial charge in [0.2, 0.25) is 0 Å². The third-order valence-electron chi connectivity index (χ3n) is 2.88. The van der Waals surface area contributed by atoms with E-state index in [1.807, 2.05) is 42.3 Å². The molecule has 2 N–H and O–H groups in total. The quantitative estimate of drug-likeness (QED) is 0.152. The smallest absolute Gasteiger partial charge is 0.407 e. The molecule has 0 fully saturated rings. The number of nitrogens with zero attached hydrogens (tertiary/aromatic N) is 2. The number of ether oxygens (including phenoxy) is 2. The van der Waals surface area contributed by atoms with Crippen LogP contribution in [0.5, 0.6) is 0 Å². The fraction of sp³-hybridized carbons (Fsp3) is 0.867. The van der Waals surface area contributed by atoms with Gasteiger partial charge in [0.05, 0.1) is 42.3 Å². The molecule has 0 heterocycles. The summed E-state index contributed by atoms with van der Waals surface area (Å²) in [6.07, 6.45) is -0.234. The number of likely N-dealkylation sites (N-methyl/N-ethyl adjacent to an activating group) is 2. The monoisotopic (exact) mass is 588 g/mol. The predicted octanol–water partition coefficient (Wildman–Crippen LogP) is -5.75. The summed E-state index contributed by atoms with van der Waals surface area (Å²) in [6, 6.07) is 0. The lowest BCUT2D eigenvalue weighted by Gasteiger charge is -2.23. The van der Waals surface area contributed by atoms with Gasteiger partial charge >= 0.3 is 12.2 Å². The van der Waals surface area contributed by atoms with Gasteiger partial charge in [-0.15, -0.1) is 0 Å². The van der Waals surface area contributed by atoms with Crippen molar-refractivity contribution in [2.24, 2.45) is 0 Å². The molecule has 8 nitrogen and oxygen atoms in total. The average Bonchev–Trinajstić information content (AvgIpc) is 2.35. The highest BCUT2D eigenvalue weighted by Gasteiger charge is 2.10. The van der Waals surface area contributed by atoms with Crippen molar-refractivity contribution in [1.29, 1.82) is 0 Å². The Hall–Kier alpha value is -0.0800. The van der Waals surface area contributed by atoms with E-state index in [4.69, 9.17) is 9.47 Å². The van der Waals surface area contributed by atoms with Crippen LogP contribution < -0.4 is 58.6 Å². The molecule has 0 atom stereocenters. The van der Waals surface area contributed by atoms with E-state index in [9.17, 15) is 9.59 Å². The van der Waals surface area contributed by atoms with Crippen LogP contribution in [0.15, 0.2) is 0 Å². The Morgan fingerprint density at radius 2 is 1.04 bits per heavy atom. The van der Waals surface area contributed by atoms with Crippen molar-refractivity contribution in [3.63, 3.8) is 0 Å². The second-order valence-corrected chi connectivity index (χ2v) is 7.51. The summed E-state index contributed by atoms with van der Waals surface area (Å²) in [6.45, 7) is 3.17. The summed E-state index contributed by atoms with van der Waals surface area (Å²) in [4.78, 5) is 22.8. The van der Waals surface area contributed by atoms with Crippen molar-refractivity contribution in [3.05, 3.63) is 0 Å². The summed E-state index contributed by atoms with van der Waals surface area (Å²) in [7, 11) is 12.2. The lowest BCUT2D eigenvalue weighted by molar-refractivity contribution is -0.870. The van der Waals surface area contributed by atoms with Crippen LogP contribution >= 0.6 is 0 Å². The van der Waals surface area contributed by atoms with Gasteiger partial charge < -0.3 is 77.0 Å². The molecule has 2 amide bonds. The molecule has 152 valence electrons. The lowest BCUT2D eigenvalue weighted by Crippen LogP contribution is -3.00. The predicted molar refractivity (Wildman–Crippen MR) is 89.1 cm³/mol. The number of hydrogen-bond acceptors (Lipinski definition) is 4. The number of halogens is 2. The first kappa shape index (κ1) is 29.7. The topological polar surface area (TPSA) is 76.7 Å². The zero-order valence-electron chi connectivity index (χ0n) is 16.2. The Bertz CT molecular complexity index is 338. The van der Waals surface area contributed by atoms with Crippen molar-refractivity contribution in [2.75, 3.05) is 81.7 Å². The summed E-state index contributed by atoms with van der Waals surface area (Å²) in [5, 5.41) is 5.29. The number of hydrogen-bond donors (Lipinski definition) is 2. The van der Waals surface area contributed by atoms with E-state index in [1.54, 1.807) is 0 Å². The maximum Gasteiger partial charge on any atom is 0.407 e. The van der Waals surface area contributed by atoms with Crippen LogP contribution in [-0.2, 0) is 9.47 Å². The van der Waals surface area contributed by atoms with E-state index in [0.29, 0.717) is 32.7 Å². The van der Waals surface area contributed by atoms with Crippen molar-refractivity contribution in [2.45, 2.75) is 6.42 Å². The zero-order valence-corrected chi connectivity index (χ0v) is 20.5. The highest BCUT2D eigenvalue weighted by molar-refractivity contribution is 5.67. The second kappa shape index (κ2) is 15.0. The summed E-state index contributed by atoms with van der Waals surface area (Å²) in [5.41, 5.74) is 0. The van der Waals surface area contributed by atoms with Gasteiger partial charge in [0.15, 0.2) is 0 Å². The summed E-state index contributed by atoms with van der Waals surface area (Å²) >= 11 is 0. The average molecular weight is 588 g/mol. The number of amides is 2. The van der Waals surface area contributed by atoms with E-state index in [1.165, 1.54) is 0 Å².